The highest BCUT2D eigenvalue weighted by Crippen LogP contribution is 2.33. The number of benzene rings is 4. The summed E-state index contributed by atoms with van der Waals surface area (Å²) in [5.41, 5.74) is 6.87. The van der Waals surface area contributed by atoms with E-state index in [1.807, 2.05) is 86.6 Å². The van der Waals surface area contributed by atoms with Gasteiger partial charge in [-0.25, -0.2) is 0 Å². The minimum absolute atomic E-state index is 0.0187. The molecule has 0 aliphatic carbocycles. The molecule has 3 nitrogen and oxygen atoms in total. The van der Waals surface area contributed by atoms with Gasteiger partial charge >= 0.3 is 0 Å². The van der Waals surface area contributed by atoms with Crippen molar-refractivity contribution < 1.29 is 9.59 Å². The SMILES string of the molecule is Cc1ccccc1C(=O)c1ccc2c(c1)c1cc(C(=O)c3ccccc3C)ccc1n2CCC(C)C. The van der Waals surface area contributed by atoms with Gasteiger partial charge in [-0.3, -0.25) is 9.59 Å². The Bertz CT molecular complexity index is 1510. The van der Waals surface area contributed by atoms with Crippen LogP contribution < -0.4 is 0 Å². The number of carbonyl (C=O) groups is 2. The molecule has 0 amide bonds. The van der Waals surface area contributed by atoms with Crippen molar-refractivity contribution in [2.75, 3.05) is 0 Å². The smallest absolute Gasteiger partial charge is 0.193 e. The second-order valence-electron chi connectivity index (χ2n) is 10.1. The third-order valence-corrected chi connectivity index (χ3v) is 7.10. The molecule has 4 aromatic carbocycles. The van der Waals surface area contributed by atoms with E-state index in [1.165, 1.54) is 0 Å². The van der Waals surface area contributed by atoms with Crippen LogP contribution in [0.4, 0.5) is 0 Å². The zero-order valence-electron chi connectivity index (χ0n) is 21.3. The third kappa shape index (κ3) is 4.26. The van der Waals surface area contributed by atoms with E-state index in [4.69, 9.17) is 0 Å². The van der Waals surface area contributed by atoms with Gasteiger partial charge in [-0.15, -0.1) is 0 Å². The molecule has 0 aliphatic heterocycles. The van der Waals surface area contributed by atoms with E-state index in [0.29, 0.717) is 17.0 Å². The van der Waals surface area contributed by atoms with E-state index in [0.717, 1.165) is 57.0 Å². The van der Waals surface area contributed by atoms with Crippen LogP contribution in [0, 0.1) is 19.8 Å². The molecule has 0 radical (unpaired) electrons. The maximum Gasteiger partial charge on any atom is 0.193 e. The van der Waals surface area contributed by atoms with E-state index >= 15 is 0 Å². The fourth-order valence-corrected chi connectivity index (χ4v) is 4.98. The minimum Gasteiger partial charge on any atom is -0.340 e. The molecular weight excluding hydrogens is 442 g/mol. The number of rotatable bonds is 7. The van der Waals surface area contributed by atoms with E-state index in [2.05, 4.69) is 30.5 Å². The maximum absolute atomic E-state index is 13.4. The summed E-state index contributed by atoms with van der Waals surface area (Å²) in [4.78, 5) is 26.8. The van der Waals surface area contributed by atoms with Crippen LogP contribution in [-0.4, -0.2) is 16.1 Å². The van der Waals surface area contributed by atoms with Gasteiger partial charge in [0.1, 0.15) is 0 Å². The van der Waals surface area contributed by atoms with Crippen molar-refractivity contribution >= 4 is 33.4 Å². The molecule has 0 N–H and O–H groups in total. The minimum atomic E-state index is 0.0187. The quantitative estimate of drug-likeness (QED) is 0.225. The molecule has 36 heavy (non-hydrogen) atoms. The maximum atomic E-state index is 13.4. The number of aromatic nitrogens is 1. The first kappa shape index (κ1) is 23.7. The lowest BCUT2D eigenvalue weighted by Gasteiger charge is -2.10. The standard InChI is InChI=1S/C33H31NO2/c1-21(2)17-18-34-30-15-13-24(32(35)26-11-7-5-9-22(26)3)19-28(30)29-20-25(14-16-31(29)34)33(36)27-12-8-6-10-23(27)4/h5-16,19-21H,17-18H2,1-4H3. The molecule has 3 heteroatoms. The van der Waals surface area contributed by atoms with Crippen molar-refractivity contribution in [2.24, 2.45) is 5.92 Å². The first-order valence-corrected chi connectivity index (χ1v) is 12.6. The summed E-state index contributed by atoms with van der Waals surface area (Å²) in [6.07, 6.45) is 1.05. The van der Waals surface area contributed by atoms with Crippen molar-refractivity contribution in [3.05, 3.63) is 118 Å². The van der Waals surface area contributed by atoms with Crippen LogP contribution in [-0.2, 0) is 6.54 Å². The Morgan fingerprint density at radius 1 is 0.667 bits per heavy atom. The Labute approximate surface area is 212 Å². The van der Waals surface area contributed by atoms with Crippen LogP contribution in [0.1, 0.15) is 63.2 Å². The average Bonchev–Trinajstić information content (AvgIpc) is 3.19. The highest BCUT2D eigenvalue weighted by atomic mass is 16.1. The summed E-state index contributed by atoms with van der Waals surface area (Å²) in [5, 5.41) is 2.01. The number of nitrogens with zero attached hydrogens (tertiary/aromatic N) is 1. The van der Waals surface area contributed by atoms with Crippen molar-refractivity contribution in [2.45, 2.75) is 40.7 Å². The molecule has 0 unspecified atom stereocenters. The second kappa shape index (κ2) is 9.58. The van der Waals surface area contributed by atoms with Crippen LogP contribution in [0.2, 0.25) is 0 Å². The summed E-state index contributed by atoms with van der Waals surface area (Å²) >= 11 is 0. The van der Waals surface area contributed by atoms with Crippen LogP contribution >= 0.6 is 0 Å². The highest BCUT2D eigenvalue weighted by molar-refractivity contribution is 6.17. The van der Waals surface area contributed by atoms with Crippen molar-refractivity contribution in [3.8, 4) is 0 Å². The van der Waals surface area contributed by atoms with E-state index in [1.54, 1.807) is 0 Å². The Kier molecular flexibility index (Phi) is 6.32. The van der Waals surface area contributed by atoms with E-state index in [-0.39, 0.29) is 11.6 Å². The molecule has 0 saturated carbocycles. The van der Waals surface area contributed by atoms with Gasteiger partial charge in [0.15, 0.2) is 11.6 Å². The first-order valence-electron chi connectivity index (χ1n) is 12.6. The molecule has 1 heterocycles. The lowest BCUT2D eigenvalue weighted by Crippen LogP contribution is -2.04. The van der Waals surface area contributed by atoms with Gasteiger partial charge in [0.2, 0.25) is 0 Å². The van der Waals surface area contributed by atoms with Crippen LogP contribution in [0.25, 0.3) is 21.8 Å². The Balaban J connectivity index is 1.68. The molecule has 0 bridgehead atoms. The predicted molar refractivity (Wildman–Crippen MR) is 148 cm³/mol. The number of carbonyl (C=O) groups excluding carboxylic acids is 2. The topological polar surface area (TPSA) is 39.1 Å². The third-order valence-electron chi connectivity index (χ3n) is 7.10. The van der Waals surface area contributed by atoms with Crippen LogP contribution in [0.15, 0.2) is 84.9 Å². The van der Waals surface area contributed by atoms with Gasteiger partial charge < -0.3 is 4.57 Å². The number of aryl methyl sites for hydroxylation is 3. The molecule has 5 aromatic rings. The lowest BCUT2D eigenvalue weighted by molar-refractivity contribution is 0.103. The Morgan fingerprint density at radius 3 is 1.53 bits per heavy atom. The zero-order chi connectivity index (χ0) is 25.4. The molecule has 0 spiro atoms. The fourth-order valence-electron chi connectivity index (χ4n) is 4.98. The highest BCUT2D eigenvalue weighted by Gasteiger charge is 2.18. The molecule has 0 atom stereocenters. The molecular formula is C33H31NO2. The van der Waals surface area contributed by atoms with Gasteiger partial charge in [-0.1, -0.05) is 62.4 Å². The second-order valence-corrected chi connectivity index (χ2v) is 10.1. The molecule has 0 saturated heterocycles. The average molecular weight is 474 g/mol. The Morgan fingerprint density at radius 2 is 1.11 bits per heavy atom. The zero-order valence-corrected chi connectivity index (χ0v) is 21.3. The number of ketones is 2. The molecule has 5 rings (SSSR count). The normalized spacial score (nSPS) is 11.5. The van der Waals surface area contributed by atoms with Crippen molar-refractivity contribution in [1.29, 1.82) is 0 Å². The predicted octanol–water partition coefficient (Wildman–Crippen LogP) is 7.92. The summed E-state index contributed by atoms with van der Waals surface area (Å²) in [6, 6.07) is 27.4. The summed E-state index contributed by atoms with van der Waals surface area (Å²) in [7, 11) is 0. The summed E-state index contributed by atoms with van der Waals surface area (Å²) in [5.74, 6) is 0.608. The fraction of sp³-hybridized carbons (Fsp3) is 0.212. The van der Waals surface area contributed by atoms with Gasteiger partial charge in [-0.2, -0.15) is 0 Å². The van der Waals surface area contributed by atoms with Gasteiger partial charge in [0.25, 0.3) is 0 Å². The van der Waals surface area contributed by atoms with Gasteiger partial charge in [0, 0.05) is 50.6 Å². The summed E-state index contributed by atoms with van der Waals surface area (Å²) < 4.78 is 2.33. The number of hydrogen-bond donors (Lipinski definition) is 0. The molecule has 1 aromatic heterocycles. The van der Waals surface area contributed by atoms with Crippen molar-refractivity contribution in [1.82, 2.24) is 4.57 Å². The van der Waals surface area contributed by atoms with Crippen LogP contribution in [0.5, 0.6) is 0 Å². The monoisotopic (exact) mass is 473 g/mol. The molecule has 180 valence electrons. The lowest BCUT2D eigenvalue weighted by atomic mass is 9.96. The van der Waals surface area contributed by atoms with E-state index < -0.39 is 0 Å². The molecule has 0 fully saturated rings. The summed E-state index contributed by atoms with van der Waals surface area (Å²) in [6.45, 7) is 9.27. The van der Waals surface area contributed by atoms with Crippen molar-refractivity contribution in [3.63, 3.8) is 0 Å². The number of fused-ring (bicyclic) bond motifs is 3. The number of hydrogen-bond acceptors (Lipinski definition) is 2. The Hall–Kier alpha value is -3.98. The van der Waals surface area contributed by atoms with Crippen LogP contribution in [0.3, 0.4) is 0 Å². The van der Waals surface area contributed by atoms with Gasteiger partial charge in [0.05, 0.1) is 0 Å². The van der Waals surface area contributed by atoms with E-state index in [9.17, 15) is 9.59 Å². The first-order chi connectivity index (χ1) is 17.3. The molecule has 0 aliphatic rings. The largest absolute Gasteiger partial charge is 0.340 e. The van der Waals surface area contributed by atoms with Gasteiger partial charge in [-0.05, 0) is 73.7 Å².